The number of amides is 2. The number of hydrogen-bond donors (Lipinski definition) is 1. The summed E-state index contributed by atoms with van der Waals surface area (Å²) in [5.41, 5.74) is 3.61. The zero-order chi connectivity index (χ0) is 28.7. The molecular weight excluding hydrogens is 559 g/mol. The number of rotatable bonds is 6. The number of fused-ring (bicyclic) bond motifs is 2. The second kappa shape index (κ2) is 10.4. The van der Waals surface area contributed by atoms with E-state index in [0.29, 0.717) is 41.0 Å². The lowest BCUT2D eigenvalue weighted by Gasteiger charge is -2.20. The summed E-state index contributed by atoms with van der Waals surface area (Å²) in [7, 11) is 0. The van der Waals surface area contributed by atoms with Gasteiger partial charge in [-0.05, 0) is 60.9 Å². The van der Waals surface area contributed by atoms with Crippen molar-refractivity contribution in [1.82, 2.24) is 4.98 Å². The van der Waals surface area contributed by atoms with Crippen LogP contribution in [0.4, 0.5) is 24.0 Å². The van der Waals surface area contributed by atoms with E-state index in [1.54, 1.807) is 18.2 Å². The average molecular weight is 582 g/mol. The molecule has 0 bridgehead atoms. The van der Waals surface area contributed by atoms with Gasteiger partial charge in [0.2, 0.25) is 12.7 Å². The first kappa shape index (κ1) is 26.6. The second-order valence-corrected chi connectivity index (χ2v) is 10.6. The van der Waals surface area contributed by atoms with Gasteiger partial charge < -0.3 is 24.4 Å². The predicted molar refractivity (Wildman–Crippen MR) is 146 cm³/mol. The van der Waals surface area contributed by atoms with Gasteiger partial charge in [-0.3, -0.25) is 9.59 Å². The number of carbonyl (C=O) groups excluding carboxylic acids is 2. The molecular formula is C29H22F3N3O5S. The van der Waals surface area contributed by atoms with Crippen molar-refractivity contribution >= 4 is 34.0 Å². The van der Waals surface area contributed by atoms with Gasteiger partial charge in [0.05, 0.1) is 17.7 Å². The third kappa shape index (κ3) is 5.55. The highest BCUT2D eigenvalue weighted by atomic mass is 32.1. The van der Waals surface area contributed by atoms with Crippen molar-refractivity contribution in [2.45, 2.75) is 26.1 Å². The molecule has 41 heavy (non-hydrogen) atoms. The molecule has 0 spiro atoms. The van der Waals surface area contributed by atoms with Gasteiger partial charge in [-0.25, -0.2) is 4.98 Å². The Balaban J connectivity index is 1.17. The highest BCUT2D eigenvalue weighted by molar-refractivity contribution is 7.16. The normalized spacial score (nSPS) is 13.7. The first-order valence-electron chi connectivity index (χ1n) is 12.6. The van der Waals surface area contributed by atoms with Crippen LogP contribution in [-0.2, 0) is 17.6 Å². The van der Waals surface area contributed by atoms with Crippen LogP contribution in [0.3, 0.4) is 0 Å². The van der Waals surface area contributed by atoms with Crippen molar-refractivity contribution in [1.29, 1.82) is 0 Å². The van der Waals surface area contributed by atoms with Crippen molar-refractivity contribution < 1.29 is 37.0 Å². The number of nitrogens with zero attached hydrogens (tertiary/aromatic N) is 2. The number of carbonyl (C=O) groups is 2. The SMILES string of the molecule is Cc1sc(NC(=O)Cc2ccc3c(c2)OCO3)nc1-c1ccc2c(c1)CCN2C(=O)c1ccccc1OC(F)(F)F. The fraction of sp³-hybridized carbons (Fsp3) is 0.207. The van der Waals surface area contributed by atoms with E-state index in [4.69, 9.17) is 9.47 Å². The van der Waals surface area contributed by atoms with Crippen LogP contribution in [0.25, 0.3) is 11.3 Å². The van der Waals surface area contributed by atoms with E-state index < -0.39 is 18.0 Å². The van der Waals surface area contributed by atoms with Gasteiger partial charge in [0.15, 0.2) is 16.6 Å². The molecule has 2 aliphatic rings. The second-order valence-electron chi connectivity index (χ2n) is 9.43. The summed E-state index contributed by atoms with van der Waals surface area (Å²) in [6.07, 6.45) is -4.24. The van der Waals surface area contributed by atoms with Gasteiger partial charge in [-0.1, -0.05) is 24.3 Å². The Hall–Kier alpha value is -4.58. The molecule has 3 heterocycles. The van der Waals surface area contributed by atoms with Gasteiger partial charge in [-0.15, -0.1) is 24.5 Å². The molecule has 6 rings (SSSR count). The number of benzene rings is 3. The van der Waals surface area contributed by atoms with Gasteiger partial charge in [0.1, 0.15) is 5.75 Å². The van der Waals surface area contributed by atoms with Crippen LogP contribution in [0.15, 0.2) is 60.7 Å². The Morgan fingerprint density at radius 1 is 1.07 bits per heavy atom. The first-order chi connectivity index (χ1) is 19.6. The number of thiazole rings is 1. The van der Waals surface area contributed by atoms with Crippen LogP contribution >= 0.6 is 11.3 Å². The fourth-order valence-corrected chi connectivity index (χ4v) is 5.73. The van der Waals surface area contributed by atoms with Crippen LogP contribution in [-0.4, -0.2) is 36.5 Å². The summed E-state index contributed by atoms with van der Waals surface area (Å²) in [6, 6.07) is 16.2. The van der Waals surface area contributed by atoms with Crippen molar-refractivity contribution in [2.24, 2.45) is 0 Å². The van der Waals surface area contributed by atoms with Gasteiger partial charge >= 0.3 is 6.36 Å². The molecule has 4 aromatic rings. The lowest BCUT2D eigenvalue weighted by molar-refractivity contribution is -0.274. The number of halogens is 3. The molecule has 1 N–H and O–H groups in total. The summed E-state index contributed by atoms with van der Waals surface area (Å²) in [4.78, 5) is 32.9. The van der Waals surface area contributed by atoms with Crippen molar-refractivity contribution in [3.63, 3.8) is 0 Å². The third-order valence-corrected chi connectivity index (χ3v) is 7.57. The minimum Gasteiger partial charge on any atom is -0.454 e. The lowest BCUT2D eigenvalue weighted by atomic mass is 10.1. The molecule has 210 valence electrons. The van der Waals surface area contributed by atoms with Crippen LogP contribution < -0.4 is 24.4 Å². The zero-order valence-corrected chi connectivity index (χ0v) is 22.4. The van der Waals surface area contributed by atoms with Crippen LogP contribution in [0, 0.1) is 6.92 Å². The van der Waals surface area contributed by atoms with E-state index in [1.807, 2.05) is 25.1 Å². The Morgan fingerprint density at radius 2 is 1.88 bits per heavy atom. The summed E-state index contributed by atoms with van der Waals surface area (Å²) in [5, 5.41) is 3.31. The number of alkyl halides is 3. The molecule has 0 atom stereocenters. The van der Waals surface area contributed by atoms with Crippen molar-refractivity contribution in [2.75, 3.05) is 23.6 Å². The molecule has 0 saturated heterocycles. The third-order valence-electron chi connectivity index (χ3n) is 6.68. The Morgan fingerprint density at radius 3 is 2.71 bits per heavy atom. The van der Waals surface area contributed by atoms with E-state index in [-0.39, 0.29) is 24.7 Å². The largest absolute Gasteiger partial charge is 0.573 e. The molecule has 1 aromatic heterocycles. The first-order valence-corrected chi connectivity index (χ1v) is 13.4. The Kier molecular flexibility index (Phi) is 6.78. The maximum Gasteiger partial charge on any atom is 0.573 e. The summed E-state index contributed by atoms with van der Waals surface area (Å²) < 4.78 is 53.4. The minimum atomic E-state index is -4.91. The van der Waals surface area contributed by atoms with E-state index in [1.165, 1.54) is 34.4 Å². The number of anilines is 2. The summed E-state index contributed by atoms with van der Waals surface area (Å²) in [5.74, 6) is -0.0770. The molecule has 12 heteroatoms. The van der Waals surface area contributed by atoms with Crippen LogP contribution in [0.5, 0.6) is 17.2 Å². The highest BCUT2D eigenvalue weighted by Crippen LogP contribution is 2.38. The molecule has 2 amide bonds. The number of ether oxygens (including phenoxy) is 3. The Labute approximate surface area is 236 Å². The molecule has 3 aromatic carbocycles. The van der Waals surface area contributed by atoms with E-state index in [9.17, 15) is 22.8 Å². The minimum absolute atomic E-state index is 0.143. The smallest absolute Gasteiger partial charge is 0.454 e. The van der Waals surface area contributed by atoms with Crippen molar-refractivity contribution in [3.8, 4) is 28.5 Å². The predicted octanol–water partition coefficient (Wildman–Crippen LogP) is 6.13. The molecule has 0 unspecified atom stereocenters. The lowest BCUT2D eigenvalue weighted by Crippen LogP contribution is -2.30. The topological polar surface area (TPSA) is 90.0 Å². The molecule has 0 saturated carbocycles. The molecule has 0 radical (unpaired) electrons. The summed E-state index contributed by atoms with van der Waals surface area (Å²) >= 11 is 1.35. The van der Waals surface area contributed by atoms with Crippen molar-refractivity contribution in [3.05, 3.63) is 82.2 Å². The average Bonchev–Trinajstić information content (AvgIpc) is 3.65. The number of aromatic nitrogens is 1. The van der Waals surface area contributed by atoms with Gasteiger partial charge in [0.25, 0.3) is 5.91 Å². The zero-order valence-electron chi connectivity index (χ0n) is 21.6. The molecule has 0 fully saturated rings. The fourth-order valence-electron chi connectivity index (χ4n) is 4.88. The number of para-hydroxylation sites is 1. The molecule has 8 nitrogen and oxygen atoms in total. The highest BCUT2D eigenvalue weighted by Gasteiger charge is 2.34. The van der Waals surface area contributed by atoms with E-state index in [2.05, 4.69) is 15.0 Å². The standard InChI is InChI=1S/C29H22F3N3O5S/c1-16-26(34-28(41-16)33-25(36)13-17-6-9-23-24(12-17)39-15-38-23)19-7-8-21-18(14-19)10-11-35(21)27(37)20-4-2-3-5-22(20)40-29(30,31)32/h2-9,12,14H,10-11,13,15H2,1H3,(H,33,34,36). The molecule has 0 aliphatic carbocycles. The van der Waals surface area contributed by atoms with E-state index in [0.717, 1.165) is 27.6 Å². The quantitative estimate of drug-likeness (QED) is 0.295. The van der Waals surface area contributed by atoms with Gasteiger partial charge in [0, 0.05) is 22.7 Å². The molecule has 2 aliphatic heterocycles. The maximum atomic E-state index is 13.2. The van der Waals surface area contributed by atoms with E-state index >= 15 is 0 Å². The Bertz CT molecular complexity index is 1670. The van der Waals surface area contributed by atoms with Gasteiger partial charge in [-0.2, -0.15) is 0 Å². The number of aryl methyl sites for hydroxylation is 1. The number of hydrogen-bond acceptors (Lipinski definition) is 7. The summed E-state index contributed by atoms with van der Waals surface area (Å²) in [6.45, 7) is 2.38. The number of nitrogens with one attached hydrogen (secondary N) is 1. The monoisotopic (exact) mass is 581 g/mol. The van der Waals surface area contributed by atoms with Crippen LogP contribution in [0.1, 0.15) is 26.4 Å². The maximum absolute atomic E-state index is 13.2. The van der Waals surface area contributed by atoms with Crippen LogP contribution in [0.2, 0.25) is 0 Å².